The highest BCUT2D eigenvalue weighted by molar-refractivity contribution is 7.99. The minimum Gasteiger partial charge on any atom is -0.497 e. The molecule has 0 aliphatic rings. The van der Waals surface area contributed by atoms with Crippen molar-refractivity contribution in [2.75, 3.05) is 18.2 Å². The number of aromatic nitrogens is 6. The first-order valence-corrected chi connectivity index (χ1v) is 9.97. The smallest absolute Gasteiger partial charge is 0.277 e. The van der Waals surface area contributed by atoms with Gasteiger partial charge in [-0.15, -0.1) is 15.3 Å². The third kappa shape index (κ3) is 4.69. The molecule has 31 heavy (non-hydrogen) atoms. The monoisotopic (exact) mass is 441 g/mol. The molecule has 0 saturated heterocycles. The number of methoxy groups -OCH3 is 1. The quantitative estimate of drug-likeness (QED) is 0.432. The number of anilines is 1. The first kappa shape index (κ1) is 20.5. The van der Waals surface area contributed by atoms with Gasteiger partial charge in [-0.05, 0) is 59.8 Å². The highest BCUT2D eigenvalue weighted by Crippen LogP contribution is 2.25. The molecular weight excluding hydrogens is 425 g/mol. The van der Waals surface area contributed by atoms with Crippen LogP contribution in [-0.4, -0.2) is 49.2 Å². The van der Waals surface area contributed by atoms with Crippen LogP contribution in [0.4, 0.5) is 10.1 Å². The van der Waals surface area contributed by atoms with Crippen LogP contribution in [0.25, 0.3) is 17.1 Å². The van der Waals surface area contributed by atoms with Crippen molar-refractivity contribution in [3.63, 3.8) is 0 Å². The first-order chi connectivity index (χ1) is 15.0. The topological polar surface area (TPSA) is 121 Å². The summed E-state index contributed by atoms with van der Waals surface area (Å²) in [7, 11) is 1.58. The molecule has 10 nitrogen and oxygen atoms in total. The Morgan fingerprint density at radius 1 is 1.19 bits per heavy atom. The van der Waals surface area contributed by atoms with Crippen LogP contribution in [0.5, 0.6) is 5.75 Å². The van der Waals surface area contributed by atoms with E-state index in [1.807, 2.05) is 0 Å². The van der Waals surface area contributed by atoms with Gasteiger partial charge in [0.1, 0.15) is 17.3 Å². The number of benzene rings is 2. The summed E-state index contributed by atoms with van der Waals surface area (Å²) in [6.07, 6.45) is 0. The standard InChI is InChI=1S/C19H16FN7O3S/c1-11-22-25-26-27(11)16-9-13(5-8-15(16)20)21-17(28)10-31-19-24-23-18(30-19)12-3-6-14(29-2)7-4-12/h3-9H,10H2,1-2H3,(H,21,28). The molecule has 2 heterocycles. The van der Waals surface area contributed by atoms with Gasteiger partial charge >= 0.3 is 0 Å². The fourth-order valence-corrected chi connectivity index (χ4v) is 3.21. The van der Waals surface area contributed by atoms with Crippen molar-refractivity contribution in [1.82, 2.24) is 30.4 Å². The van der Waals surface area contributed by atoms with Gasteiger partial charge in [-0.1, -0.05) is 11.8 Å². The van der Waals surface area contributed by atoms with Crippen LogP contribution in [-0.2, 0) is 4.79 Å². The predicted octanol–water partition coefficient (Wildman–Crippen LogP) is 2.90. The molecule has 4 rings (SSSR count). The van der Waals surface area contributed by atoms with Crippen LogP contribution < -0.4 is 10.1 Å². The summed E-state index contributed by atoms with van der Waals surface area (Å²) in [5, 5.41) is 21.9. The van der Waals surface area contributed by atoms with E-state index in [4.69, 9.17) is 9.15 Å². The number of halogens is 1. The lowest BCUT2D eigenvalue weighted by Crippen LogP contribution is -2.14. The largest absolute Gasteiger partial charge is 0.497 e. The van der Waals surface area contributed by atoms with E-state index in [1.54, 1.807) is 38.3 Å². The maximum atomic E-state index is 14.1. The van der Waals surface area contributed by atoms with E-state index in [0.29, 0.717) is 23.2 Å². The molecule has 0 radical (unpaired) electrons. The molecule has 2 aromatic heterocycles. The summed E-state index contributed by atoms with van der Waals surface area (Å²) in [5.41, 5.74) is 1.27. The second-order valence-corrected chi connectivity index (χ2v) is 7.17. The third-order valence-corrected chi connectivity index (χ3v) is 4.97. The molecule has 158 valence electrons. The zero-order valence-electron chi connectivity index (χ0n) is 16.4. The number of ether oxygens (including phenoxy) is 1. The van der Waals surface area contributed by atoms with Crippen molar-refractivity contribution in [2.45, 2.75) is 12.1 Å². The molecule has 0 unspecified atom stereocenters. The lowest BCUT2D eigenvalue weighted by Gasteiger charge is -2.08. The van der Waals surface area contributed by atoms with Crippen LogP contribution in [0.1, 0.15) is 5.82 Å². The Labute approximate surface area is 179 Å². The molecule has 0 fully saturated rings. The van der Waals surface area contributed by atoms with Gasteiger partial charge in [0, 0.05) is 11.3 Å². The fourth-order valence-electron chi connectivity index (χ4n) is 2.65. The third-order valence-electron chi connectivity index (χ3n) is 4.15. The zero-order chi connectivity index (χ0) is 21.8. The number of amides is 1. The number of nitrogens with one attached hydrogen (secondary N) is 1. The number of tetrazole rings is 1. The lowest BCUT2D eigenvalue weighted by atomic mass is 10.2. The van der Waals surface area contributed by atoms with Crippen LogP contribution in [0.3, 0.4) is 0 Å². The lowest BCUT2D eigenvalue weighted by molar-refractivity contribution is -0.113. The highest BCUT2D eigenvalue weighted by atomic mass is 32.2. The predicted molar refractivity (Wildman–Crippen MR) is 109 cm³/mol. The molecule has 0 bridgehead atoms. The Bertz CT molecular complexity index is 1210. The summed E-state index contributed by atoms with van der Waals surface area (Å²) in [4.78, 5) is 12.3. The van der Waals surface area contributed by atoms with Crippen molar-refractivity contribution >= 4 is 23.4 Å². The average molecular weight is 441 g/mol. The van der Waals surface area contributed by atoms with E-state index in [-0.39, 0.29) is 22.6 Å². The maximum absolute atomic E-state index is 14.1. The molecule has 2 aromatic carbocycles. The van der Waals surface area contributed by atoms with Crippen LogP contribution in [0, 0.1) is 12.7 Å². The van der Waals surface area contributed by atoms with E-state index >= 15 is 0 Å². The van der Waals surface area contributed by atoms with Gasteiger partial charge in [0.2, 0.25) is 11.8 Å². The van der Waals surface area contributed by atoms with Crippen molar-refractivity contribution in [1.29, 1.82) is 0 Å². The number of carbonyl (C=O) groups is 1. The van der Waals surface area contributed by atoms with Gasteiger partial charge < -0.3 is 14.5 Å². The average Bonchev–Trinajstić information content (AvgIpc) is 3.43. The Kier molecular flexibility index (Phi) is 5.89. The van der Waals surface area contributed by atoms with E-state index in [9.17, 15) is 9.18 Å². The molecule has 0 saturated carbocycles. The van der Waals surface area contributed by atoms with Crippen molar-refractivity contribution in [3.8, 4) is 22.9 Å². The minimum absolute atomic E-state index is 0.0286. The summed E-state index contributed by atoms with van der Waals surface area (Å²) >= 11 is 1.09. The zero-order valence-corrected chi connectivity index (χ0v) is 17.3. The van der Waals surface area contributed by atoms with Gasteiger partial charge in [0.05, 0.1) is 12.9 Å². The van der Waals surface area contributed by atoms with Crippen LogP contribution >= 0.6 is 11.8 Å². The summed E-state index contributed by atoms with van der Waals surface area (Å²) < 4.78 is 26.1. The fraction of sp³-hybridized carbons (Fsp3) is 0.158. The second kappa shape index (κ2) is 8.92. The molecule has 4 aromatic rings. The molecule has 1 amide bonds. The van der Waals surface area contributed by atoms with Gasteiger partial charge in [-0.25, -0.2) is 4.39 Å². The Balaban J connectivity index is 1.38. The van der Waals surface area contributed by atoms with Crippen molar-refractivity contribution < 1.29 is 18.3 Å². The van der Waals surface area contributed by atoms with E-state index in [0.717, 1.165) is 17.3 Å². The summed E-state index contributed by atoms with van der Waals surface area (Å²) in [6.45, 7) is 1.64. The molecular formula is C19H16FN7O3S. The summed E-state index contributed by atoms with van der Waals surface area (Å²) in [6, 6.07) is 11.3. The highest BCUT2D eigenvalue weighted by Gasteiger charge is 2.14. The summed E-state index contributed by atoms with van der Waals surface area (Å²) in [5.74, 6) is 0.669. The number of rotatable bonds is 7. The van der Waals surface area contributed by atoms with Gasteiger partial charge in [0.25, 0.3) is 5.22 Å². The second-order valence-electron chi connectivity index (χ2n) is 6.24. The Hall–Kier alpha value is -3.80. The number of thioether (sulfide) groups is 1. The van der Waals surface area contributed by atoms with Gasteiger partial charge in [0.15, 0.2) is 5.82 Å². The minimum atomic E-state index is -0.514. The van der Waals surface area contributed by atoms with Crippen LogP contribution in [0.15, 0.2) is 52.1 Å². The number of aryl methyl sites for hydroxylation is 1. The number of hydrogen-bond donors (Lipinski definition) is 1. The molecule has 0 aliphatic heterocycles. The maximum Gasteiger partial charge on any atom is 0.277 e. The van der Waals surface area contributed by atoms with E-state index in [1.165, 1.54) is 22.9 Å². The molecule has 0 aliphatic carbocycles. The SMILES string of the molecule is COc1ccc(-c2nnc(SCC(=O)Nc3ccc(F)c(-n4nnnc4C)c3)o2)cc1. The first-order valence-electron chi connectivity index (χ1n) is 8.99. The molecule has 0 spiro atoms. The molecule has 0 atom stereocenters. The molecule has 1 N–H and O–H groups in total. The van der Waals surface area contributed by atoms with Crippen molar-refractivity contribution in [2.24, 2.45) is 0 Å². The number of hydrogen-bond acceptors (Lipinski definition) is 9. The van der Waals surface area contributed by atoms with Gasteiger partial charge in [-0.3, -0.25) is 4.79 Å². The normalized spacial score (nSPS) is 10.8. The van der Waals surface area contributed by atoms with Crippen molar-refractivity contribution in [3.05, 3.63) is 54.1 Å². The Morgan fingerprint density at radius 3 is 2.71 bits per heavy atom. The Morgan fingerprint density at radius 2 is 2.00 bits per heavy atom. The van der Waals surface area contributed by atoms with Crippen LogP contribution in [0.2, 0.25) is 0 Å². The molecule has 12 heteroatoms. The van der Waals surface area contributed by atoms with E-state index < -0.39 is 5.82 Å². The van der Waals surface area contributed by atoms with E-state index in [2.05, 4.69) is 31.0 Å². The number of nitrogens with zero attached hydrogens (tertiary/aromatic N) is 6. The number of carbonyl (C=O) groups excluding carboxylic acids is 1. The van der Waals surface area contributed by atoms with Gasteiger partial charge in [-0.2, -0.15) is 4.68 Å².